The Kier molecular flexibility index (Phi) is 6.33. The summed E-state index contributed by atoms with van der Waals surface area (Å²) >= 11 is 0. The smallest absolute Gasteiger partial charge is 0.240 e. The van der Waals surface area contributed by atoms with Gasteiger partial charge in [-0.3, -0.25) is 9.59 Å². The second kappa shape index (κ2) is 8.91. The number of carbonyl (C=O) groups is 2. The van der Waals surface area contributed by atoms with Crippen molar-refractivity contribution in [3.8, 4) is 0 Å². The third-order valence-electron chi connectivity index (χ3n) is 6.31. The predicted octanol–water partition coefficient (Wildman–Crippen LogP) is 3.40. The van der Waals surface area contributed by atoms with Crippen LogP contribution in [0.15, 0.2) is 41.3 Å². The van der Waals surface area contributed by atoms with E-state index in [1.54, 1.807) is 23.1 Å². The minimum Gasteiger partial charge on any atom is -0.312 e. The highest BCUT2D eigenvalue weighted by molar-refractivity contribution is 7.89. The maximum absolute atomic E-state index is 12.9. The molecular formula is C25H31N3O4S. The summed E-state index contributed by atoms with van der Waals surface area (Å²) < 4.78 is 28.6. The Bertz CT molecular complexity index is 1210. The van der Waals surface area contributed by atoms with E-state index >= 15 is 0 Å². The zero-order valence-corrected chi connectivity index (χ0v) is 20.4. The first-order chi connectivity index (χ1) is 15.6. The van der Waals surface area contributed by atoms with Crippen LogP contribution in [0.3, 0.4) is 0 Å². The van der Waals surface area contributed by atoms with Crippen molar-refractivity contribution in [3.63, 3.8) is 0 Å². The average Bonchev–Trinajstić information content (AvgIpc) is 3.30. The molecule has 7 nitrogen and oxygen atoms in total. The minimum absolute atomic E-state index is 0.0156. The van der Waals surface area contributed by atoms with Gasteiger partial charge in [-0.1, -0.05) is 26.0 Å². The van der Waals surface area contributed by atoms with Gasteiger partial charge in [0.1, 0.15) is 0 Å². The van der Waals surface area contributed by atoms with Gasteiger partial charge in [-0.25, -0.2) is 13.1 Å². The fraction of sp³-hybridized carbons (Fsp3) is 0.440. The summed E-state index contributed by atoms with van der Waals surface area (Å²) in [4.78, 5) is 28.1. The van der Waals surface area contributed by atoms with Gasteiger partial charge >= 0.3 is 0 Å². The quantitative estimate of drug-likeness (QED) is 0.703. The molecule has 0 unspecified atom stereocenters. The minimum atomic E-state index is -3.71. The van der Waals surface area contributed by atoms with Gasteiger partial charge in [0.2, 0.25) is 21.8 Å². The van der Waals surface area contributed by atoms with Crippen LogP contribution in [0.2, 0.25) is 0 Å². The Hall–Kier alpha value is -2.71. The van der Waals surface area contributed by atoms with Crippen LogP contribution in [-0.4, -0.2) is 32.8 Å². The number of anilines is 2. The van der Waals surface area contributed by atoms with Crippen molar-refractivity contribution in [2.24, 2.45) is 5.92 Å². The lowest BCUT2D eigenvalue weighted by Crippen LogP contribution is -2.33. The lowest BCUT2D eigenvalue weighted by Gasteiger charge is -2.20. The Morgan fingerprint density at radius 3 is 2.52 bits per heavy atom. The molecule has 4 rings (SSSR count). The molecule has 2 aliphatic heterocycles. The predicted molar refractivity (Wildman–Crippen MR) is 129 cm³/mol. The summed E-state index contributed by atoms with van der Waals surface area (Å²) in [6.45, 7) is 8.38. The van der Waals surface area contributed by atoms with Crippen LogP contribution >= 0.6 is 0 Å². The largest absolute Gasteiger partial charge is 0.312 e. The molecule has 2 heterocycles. The summed E-state index contributed by atoms with van der Waals surface area (Å²) in [5.41, 5.74) is 4.50. The van der Waals surface area contributed by atoms with Crippen molar-refractivity contribution in [2.45, 2.75) is 64.4 Å². The van der Waals surface area contributed by atoms with Gasteiger partial charge in [0.25, 0.3) is 0 Å². The second-order valence-electron chi connectivity index (χ2n) is 9.41. The first-order valence-electron chi connectivity index (χ1n) is 11.4. The van der Waals surface area contributed by atoms with E-state index in [2.05, 4.69) is 4.72 Å². The van der Waals surface area contributed by atoms with Crippen LogP contribution in [0.5, 0.6) is 0 Å². The third kappa shape index (κ3) is 4.68. The number of carbonyl (C=O) groups excluding carboxylic acids is 2. The van der Waals surface area contributed by atoms with Gasteiger partial charge in [0.15, 0.2) is 0 Å². The Labute approximate surface area is 195 Å². The van der Waals surface area contributed by atoms with E-state index < -0.39 is 10.0 Å². The lowest BCUT2D eigenvalue weighted by molar-refractivity contribution is -0.119. The van der Waals surface area contributed by atoms with E-state index in [9.17, 15) is 18.0 Å². The van der Waals surface area contributed by atoms with Crippen molar-refractivity contribution >= 4 is 33.2 Å². The Morgan fingerprint density at radius 2 is 1.82 bits per heavy atom. The zero-order chi connectivity index (χ0) is 23.9. The van der Waals surface area contributed by atoms with Gasteiger partial charge in [-0.15, -0.1) is 0 Å². The molecule has 0 saturated carbocycles. The maximum Gasteiger partial charge on any atom is 0.240 e. The molecule has 0 radical (unpaired) electrons. The fourth-order valence-electron chi connectivity index (χ4n) is 4.80. The number of rotatable bonds is 6. The fourth-order valence-corrected chi connectivity index (χ4v) is 5.87. The highest BCUT2D eigenvalue weighted by Crippen LogP contribution is 2.34. The van der Waals surface area contributed by atoms with E-state index in [4.69, 9.17) is 0 Å². The number of hydrogen-bond donors (Lipinski definition) is 1. The number of hydrogen-bond acceptors (Lipinski definition) is 4. The number of amides is 2. The number of nitrogens with one attached hydrogen (secondary N) is 1. The van der Waals surface area contributed by atoms with Crippen LogP contribution in [0.1, 0.15) is 50.8 Å². The van der Waals surface area contributed by atoms with Crippen molar-refractivity contribution in [3.05, 3.63) is 53.1 Å². The standard InChI is InChI=1S/C25H31N3O4S/c1-16(2)11-25(30)27-10-9-20-13-19(5-7-23(20)27)15-26-33(31,32)22-6-8-24-21(14-22)12-17(3)28(24)18(4)29/h5-8,13-14,16-17,26H,9-12,15H2,1-4H3/t17-/m0/s1. The molecule has 2 aromatic rings. The third-order valence-corrected chi connectivity index (χ3v) is 7.70. The van der Waals surface area contributed by atoms with Crippen molar-refractivity contribution in [2.75, 3.05) is 16.3 Å². The molecule has 1 N–H and O–H groups in total. The normalized spacial score (nSPS) is 17.4. The molecule has 33 heavy (non-hydrogen) atoms. The van der Waals surface area contributed by atoms with Gasteiger partial charge in [-0.05, 0) is 66.6 Å². The highest BCUT2D eigenvalue weighted by atomic mass is 32.2. The SMILES string of the molecule is CC(=O)N1c2ccc(S(=O)(=O)NCc3ccc4c(c3)CCN4C(=O)CC(C)C)cc2C[C@@H]1C. The highest BCUT2D eigenvalue weighted by Gasteiger charge is 2.30. The summed E-state index contributed by atoms with van der Waals surface area (Å²) in [6, 6.07) is 10.7. The molecule has 8 heteroatoms. The molecule has 2 aromatic carbocycles. The molecule has 0 aliphatic carbocycles. The molecule has 0 aromatic heterocycles. The summed E-state index contributed by atoms with van der Waals surface area (Å²) in [5.74, 6) is 0.394. The number of nitrogens with zero attached hydrogens (tertiary/aromatic N) is 2. The van der Waals surface area contributed by atoms with Crippen LogP contribution < -0.4 is 14.5 Å². The second-order valence-corrected chi connectivity index (χ2v) is 11.2. The van der Waals surface area contributed by atoms with Crippen molar-refractivity contribution < 1.29 is 18.0 Å². The summed E-state index contributed by atoms with van der Waals surface area (Å²) in [7, 11) is -3.71. The zero-order valence-electron chi connectivity index (χ0n) is 19.6. The van der Waals surface area contributed by atoms with E-state index in [1.807, 2.05) is 43.9 Å². The number of benzene rings is 2. The molecule has 2 amide bonds. The first-order valence-corrected chi connectivity index (χ1v) is 12.9. The molecule has 0 spiro atoms. The van der Waals surface area contributed by atoms with Crippen LogP contribution in [0.25, 0.3) is 0 Å². The average molecular weight is 470 g/mol. The van der Waals surface area contributed by atoms with Gasteiger partial charge in [0.05, 0.1) is 4.90 Å². The lowest BCUT2D eigenvalue weighted by atomic mass is 10.1. The van der Waals surface area contributed by atoms with Crippen molar-refractivity contribution in [1.82, 2.24) is 4.72 Å². The number of sulfonamides is 1. The topological polar surface area (TPSA) is 86.8 Å². The molecule has 1 atom stereocenters. The van der Waals surface area contributed by atoms with Crippen LogP contribution in [-0.2, 0) is 39.0 Å². The molecule has 0 fully saturated rings. The van der Waals surface area contributed by atoms with Crippen molar-refractivity contribution in [1.29, 1.82) is 0 Å². The van der Waals surface area contributed by atoms with E-state index in [-0.39, 0.29) is 29.3 Å². The Balaban J connectivity index is 1.46. The molecule has 0 saturated heterocycles. The van der Waals surface area contributed by atoms with Gasteiger partial charge in [-0.2, -0.15) is 0 Å². The monoisotopic (exact) mass is 469 g/mol. The summed E-state index contributed by atoms with van der Waals surface area (Å²) in [6.07, 6.45) is 1.93. The first kappa shape index (κ1) is 23.4. The van der Waals surface area contributed by atoms with Crippen LogP contribution in [0, 0.1) is 5.92 Å². The van der Waals surface area contributed by atoms with Gasteiger partial charge in [0, 0.05) is 43.9 Å². The molecular weight excluding hydrogens is 438 g/mol. The molecule has 2 aliphatic rings. The molecule has 0 bridgehead atoms. The van der Waals surface area contributed by atoms with Gasteiger partial charge < -0.3 is 9.80 Å². The van der Waals surface area contributed by atoms with Crippen LogP contribution in [0.4, 0.5) is 11.4 Å². The maximum atomic E-state index is 12.9. The van der Waals surface area contributed by atoms with E-state index in [0.717, 1.165) is 34.5 Å². The molecule has 176 valence electrons. The number of fused-ring (bicyclic) bond motifs is 2. The van der Waals surface area contributed by atoms with E-state index in [1.165, 1.54) is 6.92 Å². The summed E-state index contributed by atoms with van der Waals surface area (Å²) in [5, 5.41) is 0. The van der Waals surface area contributed by atoms with E-state index in [0.29, 0.717) is 25.3 Å². The Morgan fingerprint density at radius 1 is 1.09 bits per heavy atom.